The molecule has 0 aromatic heterocycles. The van der Waals surface area contributed by atoms with Crippen molar-refractivity contribution in [2.24, 2.45) is 10.2 Å². The molecule has 0 aromatic carbocycles. The van der Waals surface area contributed by atoms with E-state index in [-0.39, 0.29) is 0 Å². The van der Waals surface area contributed by atoms with Gasteiger partial charge >= 0.3 is 5.97 Å². The van der Waals surface area contributed by atoms with Crippen molar-refractivity contribution < 1.29 is 9.90 Å². The second-order valence-corrected chi connectivity index (χ2v) is 1.36. The summed E-state index contributed by atoms with van der Waals surface area (Å²) in [6.45, 7) is 0. The summed E-state index contributed by atoms with van der Waals surface area (Å²) >= 11 is 0. The lowest BCUT2D eigenvalue weighted by atomic mass is 10.3. The monoisotopic (exact) mass is 112 g/mol. The lowest BCUT2D eigenvalue weighted by molar-refractivity contribution is -0.137. The van der Waals surface area contributed by atoms with Gasteiger partial charge in [0.1, 0.15) is 0 Å². The first kappa shape index (κ1) is 4.96. The molecule has 0 saturated carbocycles. The fourth-order valence-corrected chi connectivity index (χ4v) is 0.401. The van der Waals surface area contributed by atoms with Crippen LogP contribution in [0.15, 0.2) is 22.5 Å². The molecule has 1 aliphatic rings. The standard InChI is InChI=1S/C4H4N2O2/c7-4(8)3-1-2-5-6-3/h1-3H,(H,7,8). The zero-order chi connectivity index (χ0) is 5.98. The molecular weight excluding hydrogens is 108 g/mol. The second-order valence-electron chi connectivity index (χ2n) is 1.36. The maximum atomic E-state index is 10.00. The first-order valence-electron chi connectivity index (χ1n) is 2.10. The van der Waals surface area contributed by atoms with Crippen molar-refractivity contribution >= 4 is 5.97 Å². The van der Waals surface area contributed by atoms with Gasteiger partial charge in [0.15, 0.2) is 6.04 Å². The van der Waals surface area contributed by atoms with E-state index < -0.39 is 12.0 Å². The zero-order valence-electron chi connectivity index (χ0n) is 3.98. The first-order chi connectivity index (χ1) is 3.80. The van der Waals surface area contributed by atoms with Gasteiger partial charge in [-0.3, -0.25) is 0 Å². The van der Waals surface area contributed by atoms with Crippen LogP contribution in [0.2, 0.25) is 0 Å². The fourth-order valence-electron chi connectivity index (χ4n) is 0.401. The number of hydrogen-bond donors (Lipinski definition) is 1. The van der Waals surface area contributed by atoms with Crippen LogP contribution in [0.1, 0.15) is 0 Å². The minimum atomic E-state index is -0.956. The minimum Gasteiger partial charge on any atom is -0.479 e. The molecule has 1 N–H and O–H groups in total. The summed E-state index contributed by atoms with van der Waals surface area (Å²) in [5.74, 6) is -0.956. The summed E-state index contributed by atoms with van der Waals surface area (Å²) in [5, 5.41) is 14.9. The van der Waals surface area contributed by atoms with Crippen LogP contribution in [0.4, 0.5) is 0 Å². The Morgan fingerprint density at radius 2 is 2.50 bits per heavy atom. The Kier molecular flexibility index (Phi) is 1.07. The SMILES string of the molecule is O=C(O)C1C=CN=N1. The van der Waals surface area contributed by atoms with E-state index in [9.17, 15) is 4.79 Å². The Hall–Kier alpha value is -1.19. The molecule has 4 nitrogen and oxygen atoms in total. The highest BCUT2D eigenvalue weighted by Crippen LogP contribution is 2.02. The Balaban J connectivity index is 2.62. The molecule has 0 fully saturated rings. The van der Waals surface area contributed by atoms with E-state index in [4.69, 9.17) is 5.11 Å². The molecule has 0 bridgehead atoms. The van der Waals surface area contributed by atoms with Gasteiger partial charge in [0.05, 0.1) is 0 Å². The van der Waals surface area contributed by atoms with Gasteiger partial charge in [-0.1, -0.05) is 0 Å². The van der Waals surface area contributed by atoms with Crippen molar-refractivity contribution in [1.82, 2.24) is 0 Å². The van der Waals surface area contributed by atoms with E-state index in [2.05, 4.69) is 10.2 Å². The zero-order valence-corrected chi connectivity index (χ0v) is 3.98. The molecule has 8 heavy (non-hydrogen) atoms. The number of hydrogen-bond acceptors (Lipinski definition) is 3. The molecule has 42 valence electrons. The van der Waals surface area contributed by atoms with Crippen molar-refractivity contribution in [3.8, 4) is 0 Å². The lowest BCUT2D eigenvalue weighted by Gasteiger charge is -1.89. The van der Waals surface area contributed by atoms with Crippen LogP contribution in [0.3, 0.4) is 0 Å². The summed E-state index contributed by atoms with van der Waals surface area (Å²) in [5.41, 5.74) is 0. The van der Waals surface area contributed by atoms with Crippen LogP contribution in [-0.2, 0) is 4.79 Å². The van der Waals surface area contributed by atoms with E-state index in [1.54, 1.807) is 0 Å². The van der Waals surface area contributed by atoms with Crippen molar-refractivity contribution in [2.75, 3.05) is 0 Å². The normalized spacial score (nSPS) is 24.2. The molecule has 0 aliphatic carbocycles. The van der Waals surface area contributed by atoms with Crippen LogP contribution in [0, 0.1) is 0 Å². The summed E-state index contributed by atoms with van der Waals surface area (Å²) in [4.78, 5) is 10.00. The lowest BCUT2D eigenvalue weighted by Crippen LogP contribution is -2.11. The minimum absolute atomic E-state index is 0.741. The van der Waals surface area contributed by atoms with Crippen LogP contribution >= 0.6 is 0 Å². The van der Waals surface area contributed by atoms with Gasteiger partial charge in [-0.25, -0.2) is 4.79 Å². The van der Waals surface area contributed by atoms with Gasteiger partial charge in [-0.2, -0.15) is 10.2 Å². The topological polar surface area (TPSA) is 62.0 Å². The number of rotatable bonds is 1. The molecule has 1 atom stereocenters. The number of nitrogens with zero attached hydrogens (tertiary/aromatic N) is 2. The van der Waals surface area contributed by atoms with Gasteiger partial charge in [0.25, 0.3) is 0 Å². The predicted octanol–water partition coefficient (Wildman–Crippen LogP) is 0.419. The van der Waals surface area contributed by atoms with Crippen LogP contribution in [0.5, 0.6) is 0 Å². The van der Waals surface area contributed by atoms with Crippen molar-refractivity contribution in [1.29, 1.82) is 0 Å². The van der Waals surface area contributed by atoms with Gasteiger partial charge < -0.3 is 5.11 Å². The second kappa shape index (κ2) is 1.73. The number of azo groups is 1. The quantitative estimate of drug-likeness (QED) is 0.534. The summed E-state index contributed by atoms with van der Waals surface area (Å²) in [6, 6.07) is -0.741. The molecule has 1 rings (SSSR count). The highest BCUT2D eigenvalue weighted by molar-refractivity contribution is 5.76. The van der Waals surface area contributed by atoms with Crippen LogP contribution < -0.4 is 0 Å². The molecule has 1 unspecified atom stereocenters. The third kappa shape index (κ3) is 0.726. The van der Waals surface area contributed by atoms with E-state index in [1.165, 1.54) is 12.3 Å². The summed E-state index contributed by atoms with van der Waals surface area (Å²) in [6.07, 6.45) is 2.79. The number of aliphatic carboxylic acids is 1. The molecule has 0 saturated heterocycles. The fraction of sp³-hybridized carbons (Fsp3) is 0.250. The molecule has 0 spiro atoms. The Morgan fingerprint density at radius 3 is 2.75 bits per heavy atom. The van der Waals surface area contributed by atoms with Gasteiger partial charge in [-0.05, 0) is 6.08 Å². The molecule has 1 heterocycles. The third-order valence-electron chi connectivity index (χ3n) is 0.779. The van der Waals surface area contributed by atoms with Crippen molar-refractivity contribution in [3.05, 3.63) is 12.3 Å². The van der Waals surface area contributed by atoms with E-state index >= 15 is 0 Å². The largest absolute Gasteiger partial charge is 0.479 e. The van der Waals surface area contributed by atoms with Gasteiger partial charge in [0, 0.05) is 6.20 Å². The summed E-state index contributed by atoms with van der Waals surface area (Å²) < 4.78 is 0. The summed E-state index contributed by atoms with van der Waals surface area (Å²) in [7, 11) is 0. The first-order valence-corrected chi connectivity index (χ1v) is 2.10. The van der Waals surface area contributed by atoms with Crippen LogP contribution in [0.25, 0.3) is 0 Å². The maximum Gasteiger partial charge on any atom is 0.334 e. The van der Waals surface area contributed by atoms with E-state index in [1.807, 2.05) is 0 Å². The van der Waals surface area contributed by atoms with Crippen molar-refractivity contribution in [3.63, 3.8) is 0 Å². The average Bonchev–Trinajstić information content (AvgIpc) is 2.12. The Labute approximate surface area is 45.5 Å². The molecule has 4 heteroatoms. The van der Waals surface area contributed by atoms with Gasteiger partial charge in [0.2, 0.25) is 0 Å². The van der Waals surface area contributed by atoms with E-state index in [0.29, 0.717) is 0 Å². The van der Waals surface area contributed by atoms with E-state index in [0.717, 1.165) is 0 Å². The number of carbonyl (C=O) groups is 1. The Morgan fingerprint density at radius 1 is 1.75 bits per heavy atom. The highest BCUT2D eigenvalue weighted by Gasteiger charge is 2.13. The molecule has 0 amide bonds. The smallest absolute Gasteiger partial charge is 0.334 e. The van der Waals surface area contributed by atoms with Crippen molar-refractivity contribution in [2.45, 2.75) is 6.04 Å². The average molecular weight is 112 g/mol. The number of carboxylic acid groups (broad SMARTS) is 1. The molecule has 0 radical (unpaired) electrons. The Bertz CT molecular complexity index is 149. The van der Waals surface area contributed by atoms with Crippen LogP contribution in [-0.4, -0.2) is 17.1 Å². The predicted molar refractivity (Wildman–Crippen MR) is 25.4 cm³/mol. The highest BCUT2D eigenvalue weighted by atomic mass is 16.4. The molecular formula is C4H4N2O2. The maximum absolute atomic E-state index is 10.00. The third-order valence-corrected chi connectivity index (χ3v) is 0.779. The van der Waals surface area contributed by atoms with Gasteiger partial charge in [-0.15, -0.1) is 0 Å². The number of carboxylic acids is 1. The molecule has 1 aliphatic heterocycles. The molecule has 0 aromatic rings.